The van der Waals surface area contributed by atoms with Crippen molar-refractivity contribution in [2.75, 3.05) is 0 Å². The fourth-order valence-corrected chi connectivity index (χ4v) is 3.10. The highest BCUT2D eigenvalue weighted by atomic mass is 79.9. The van der Waals surface area contributed by atoms with Crippen LogP contribution in [0, 0.1) is 0 Å². The molecule has 0 unspecified atom stereocenters. The Balaban J connectivity index is 1.96. The van der Waals surface area contributed by atoms with Crippen molar-refractivity contribution < 1.29 is 20.0 Å². The number of ketones is 1. The topological polar surface area (TPSA) is 73.8 Å². The predicted molar refractivity (Wildman–Crippen MR) is 80.7 cm³/mol. The maximum Gasteiger partial charge on any atom is 0.169 e. The van der Waals surface area contributed by atoms with Crippen molar-refractivity contribution in [3.05, 3.63) is 34.3 Å². The minimum absolute atomic E-state index is 0.0134. The highest BCUT2D eigenvalue weighted by molar-refractivity contribution is 9.10. The molecule has 1 saturated carbocycles. The molecule has 5 heteroatoms. The molecule has 0 aromatic heterocycles. The molecule has 0 amide bonds. The second-order valence-corrected chi connectivity index (χ2v) is 6.57. The Labute approximate surface area is 133 Å². The largest absolute Gasteiger partial charge is 0.544 e. The number of rotatable bonds is 6. The summed E-state index contributed by atoms with van der Waals surface area (Å²) in [6.45, 7) is 0. The molecule has 0 heterocycles. The minimum Gasteiger partial charge on any atom is -0.544 e. The van der Waals surface area contributed by atoms with Crippen molar-refractivity contribution in [3.63, 3.8) is 0 Å². The van der Waals surface area contributed by atoms with Crippen LogP contribution >= 0.6 is 15.9 Å². The Hall–Kier alpha value is -1.20. The van der Waals surface area contributed by atoms with E-state index in [4.69, 9.17) is 0 Å². The maximum absolute atomic E-state index is 12.2. The normalized spacial score (nSPS) is 17.4. The fourth-order valence-electron chi connectivity index (χ4n) is 2.84. The van der Waals surface area contributed by atoms with Gasteiger partial charge < -0.3 is 15.2 Å². The summed E-state index contributed by atoms with van der Waals surface area (Å²) in [5.74, 6) is -1.30. The molecule has 4 nitrogen and oxygen atoms in total. The molecular formula is C16H20BrNO3. The van der Waals surface area contributed by atoms with E-state index in [1.165, 1.54) is 6.42 Å². The molecule has 0 aliphatic heterocycles. The summed E-state index contributed by atoms with van der Waals surface area (Å²) in [7, 11) is 0. The van der Waals surface area contributed by atoms with Gasteiger partial charge >= 0.3 is 0 Å². The number of carbonyl (C=O) groups excluding carboxylic acids is 2. The fraction of sp³-hybridized carbons (Fsp3) is 0.500. The number of quaternary nitrogens is 1. The molecule has 1 fully saturated rings. The second-order valence-electron chi connectivity index (χ2n) is 5.65. The van der Waals surface area contributed by atoms with E-state index in [1.807, 2.05) is 5.32 Å². The standard InChI is InChI=1S/C16H20BrNO3/c17-12-8-6-11(7-9-12)15(19)10-14(16(20)21)18-13-4-2-1-3-5-13/h6-9,13-14,18H,1-5,10H2,(H,20,21)/t14-/m1/s1. The summed E-state index contributed by atoms with van der Waals surface area (Å²) >= 11 is 3.31. The lowest BCUT2D eigenvalue weighted by Gasteiger charge is -2.25. The minimum atomic E-state index is -1.15. The van der Waals surface area contributed by atoms with E-state index in [1.54, 1.807) is 24.3 Å². The van der Waals surface area contributed by atoms with Crippen molar-refractivity contribution in [1.29, 1.82) is 0 Å². The highest BCUT2D eigenvalue weighted by Crippen LogP contribution is 2.15. The van der Waals surface area contributed by atoms with Crippen LogP contribution in [0.2, 0.25) is 0 Å². The number of carboxylic acid groups (broad SMARTS) is 1. The van der Waals surface area contributed by atoms with E-state index in [-0.39, 0.29) is 12.2 Å². The SMILES string of the molecule is O=C(C[C@@H]([NH2+]C1CCCCC1)C(=O)[O-])c1ccc(Br)cc1. The maximum atomic E-state index is 12.2. The van der Waals surface area contributed by atoms with Gasteiger partial charge in [-0.3, -0.25) is 4.79 Å². The van der Waals surface area contributed by atoms with Crippen molar-refractivity contribution in [1.82, 2.24) is 0 Å². The van der Waals surface area contributed by atoms with Gasteiger partial charge in [-0.1, -0.05) is 34.5 Å². The van der Waals surface area contributed by atoms with Crippen LogP contribution in [0.25, 0.3) is 0 Å². The van der Waals surface area contributed by atoms with Gasteiger partial charge in [-0.2, -0.15) is 0 Å². The van der Waals surface area contributed by atoms with E-state index in [9.17, 15) is 14.7 Å². The third-order valence-electron chi connectivity index (χ3n) is 4.03. The highest BCUT2D eigenvalue weighted by Gasteiger charge is 2.25. The van der Waals surface area contributed by atoms with Crippen LogP contribution in [0.4, 0.5) is 0 Å². The molecule has 1 atom stereocenters. The Kier molecular flexibility index (Phi) is 5.94. The Morgan fingerprint density at radius 1 is 1.19 bits per heavy atom. The van der Waals surface area contributed by atoms with Crippen LogP contribution in [0.1, 0.15) is 48.9 Å². The summed E-state index contributed by atoms with van der Waals surface area (Å²) < 4.78 is 0.893. The van der Waals surface area contributed by atoms with E-state index in [0.29, 0.717) is 11.6 Å². The molecule has 114 valence electrons. The van der Waals surface area contributed by atoms with Gasteiger partial charge in [0.05, 0.1) is 18.4 Å². The summed E-state index contributed by atoms with van der Waals surface area (Å²) in [4.78, 5) is 23.5. The van der Waals surface area contributed by atoms with Gasteiger partial charge in [-0.25, -0.2) is 0 Å². The van der Waals surface area contributed by atoms with Crippen molar-refractivity contribution >= 4 is 27.7 Å². The molecule has 0 radical (unpaired) electrons. The van der Waals surface area contributed by atoms with E-state index in [2.05, 4.69) is 15.9 Å². The summed E-state index contributed by atoms with van der Waals surface area (Å²) in [5, 5.41) is 13.1. The van der Waals surface area contributed by atoms with Crippen LogP contribution < -0.4 is 10.4 Å². The zero-order chi connectivity index (χ0) is 15.2. The van der Waals surface area contributed by atoms with Crippen LogP contribution in [0.5, 0.6) is 0 Å². The lowest BCUT2D eigenvalue weighted by molar-refractivity contribution is -0.716. The van der Waals surface area contributed by atoms with Gasteiger partial charge in [-0.15, -0.1) is 0 Å². The average Bonchev–Trinajstić information content (AvgIpc) is 2.48. The number of halogens is 1. The zero-order valence-electron chi connectivity index (χ0n) is 11.9. The molecule has 1 aromatic rings. The van der Waals surface area contributed by atoms with E-state index >= 15 is 0 Å². The van der Waals surface area contributed by atoms with Crippen molar-refractivity contribution in [2.45, 2.75) is 50.6 Å². The number of aliphatic carboxylic acids is 1. The Bertz CT molecular complexity index is 495. The average molecular weight is 354 g/mol. The zero-order valence-corrected chi connectivity index (χ0v) is 13.5. The van der Waals surface area contributed by atoms with Crippen molar-refractivity contribution in [2.24, 2.45) is 0 Å². The number of carboxylic acids is 1. The molecule has 0 saturated heterocycles. The second kappa shape index (κ2) is 7.71. The predicted octanol–water partition coefficient (Wildman–Crippen LogP) is 1.04. The molecule has 2 N–H and O–H groups in total. The lowest BCUT2D eigenvalue weighted by Crippen LogP contribution is -2.97. The molecule has 21 heavy (non-hydrogen) atoms. The first kappa shape index (κ1) is 16.2. The van der Waals surface area contributed by atoms with Gasteiger partial charge in [-0.05, 0) is 37.8 Å². The Morgan fingerprint density at radius 3 is 2.38 bits per heavy atom. The van der Waals surface area contributed by atoms with Crippen molar-refractivity contribution in [3.8, 4) is 0 Å². The first-order valence-electron chi connectivity index (χ1n) is 7.41. The van der Waals surface area contributed by atoms with Gasteiger partial charge in [0.15, 0.2) is 5.78 Å². The smallest absolute Gasteiger partial charge is 0.169 e. The number of carbonyl (C=O) groups is 2. The van der Waals surface area contributed by atoms with Crippen LogP contribution in [0.3, 0.4) is 0 Å². The summed E-state index contributed by atoms with van der Waals surface area (Å²) in [6.07, 6.45) is 5.54. The lowest BCUT2D eigenvalue weighted by atomic mass is 9.94. The number of benzene rings is 1. The van der Waals surface area contributed by atoms with Crippen LogP contribution in [0.15, 0.2) is 28.7 Å². The molecular weight excluding hydrogens is 334 g/mol. The summed E-state index contributed by atoms with van der Waals surface area (Å²) in [6, 6.07) is 6.50. The molecule has 0 spiro atoms. The third kappa shape index (κ3) is 4.93. The first-order valence-corrected chi connectivity index (χ1v) is 8.20. The number of Topliss-reactive ketones (excluding diaryl/α,β-unsaturated/α-hetero) is 1. The van der Waals surface area contributed by atoms with Gasteiger partial charge in [0.2, 0.25) is 0 Å². The molecule has 1 aromatic carbocycles. The molecule has 2 rings (SSSR count). The van der Waals surface area contributed by atoms with Gasteiger partial charge in [0.25, 0.3) is 0 Å². The molecule has 1 aliphatic rings. The van der Waals surface area contributed by atoms with Crippen LogP contribution in [-0.2, 0) is 4.79 Å². The van der Waals surface area contributed by atoms with Gasteiger partial charge in [0, 0.05) is 10.0 Å². The van der Waals surface area contributed by atoms with E-state index < -0.39 is 12.0 Å². The Morgan fingerprint density at radius 2 is 1.81 bits per heavy atom. The number of nitrogens with two attached hydrogens (primary N) is 1. The quantitative estimate of drug-likeness (QED) is 0.776. The number of hydrogen-bond acceptors (Lipinski definition) is 3. The van der Waals surface area contributed by atoms with E-state index in [0.717, 1.165) is 30.2 Å². The number of hydrogen-bond donors (Lipinski definition) is 1. The van der Waals surface area contributed by atoms with Crippen LogP contribution in [-0.4, -0.2) is 23.8 Å². The van der Waals surface area contributed by atoms with Gasteiger partial charge in [0.1, 0.15) is 6.04 Å². The summed E-state index contributed by atoms with van der Waals surface area (Å²) in [5.41, 5.74) is 0.543. The monoisotopic (exact) mass is 353 g/mol. The molecule has 0 bridgehead atoms. The molecule has 1 aliphatic carbocycles. The first-order chi connectivity index (χ1) is 10.1. The third-order valence-corrected chi connectivity index (χ3v) is 4.56.